The van der Waals surface area contributed by atoms with Crippen molar-refractivity contribution in [3.63, 3.8) is 0 Å². The summed E-state index contributed by atoms with van der Waals surface area (Å²) < 4.78 is 35.4. The van der Waals surface area contributed by atoms with Crippen molar-refractivity contribution in [3.8, 4) is 17.4 Å². The first-order chi connectivity index (χ1) is 16.2. The number of hydrogen-bond acceptors (Lipinski definition) is 10. The minimum atomic E-state index is -3.99. The number of methoxy groups -OCH3 is 1. The minimum absolute atomic E-state index is 0.0939. The number of carbonyl (C=O) groups is 1. The van der Waals surface area contributed by atoms with Crippen molar-refractivity contribution in [1.82, 2.24) is 29.7 Å². The molecule has 0 spiro atoms. The average Bonchev–Trinajstić information content (AvgIpc) is 3.23. The van der Waals surface area contributed by atoms with E-state index >= 15 is 0 Å². The van der Waals surface area contributed by atoms with Crippen molar-refractivity contribution >= 4 is 33.9 Å². The van der Waals surface area contributed by atoms with Crippen LogP contribution in [0.5, 0.6) is 5.88 Å². The van der Waals surface area contributed by atoms with E-state index in [1.165, 1.54) is 31.0 Å². The van der Waals surface area contributed by atoms with Crippen LogP contribution in [0.25, 0.3) is 11.5 Å². The lowest BCUT2D eigenvalue weighted by molar-refractivity contribution is -0.105. The maximum Gasteiger partial charge on any atom is 0.238 e. The summed E-state index contributed by atoms with van der Waals surface area (Å²) in [5, 5.41) is 7.47. The van der Waals surface area contributed by atoms with Gasteiger partial charge in [0.25, 0.3) is 0 Å². The molecule has 0 saturated heterocycles. The van der Waals surface area contributed by atoms with Gasteiger partial charge in [-0.2, -0.15) is 0 Å². The molecular formula is C20H23ClN8O4S. The molecule has 3 aromatic rings. The molecule has 3 rings (SSSR count). The number of carbonyl (C=O) groups excluding carboxylic acids is 1. The van der Waals surface area contributed by atoms with Crippen LogP contribution in [0.15, 0.2) is 42.4 Å². The fourth-order valence-electron chi connectivity index (χ4n) is 2.94. The Balaban J connectivity index is 1.98. The molecule has 3 N–H and O–H groups in total. The predicted molar refractivity (Wildman–Crippen MR) is 126 cm³/mol. The number of sulfonamides is 1. The average molecular weight is 507 g/mol. The highest BCUT2D eigenvalue weighted by Gasteiger charge is 2.31. The molecule has 0 amide bonds. The number of allylic oxidation sites excluding steroid dienone is 1. The van der Waals surface area contributed by atoms with E-state index in [-0.39, 0.29) is 23.9 Å². The highest BCUT2D eigenvalue weighted by Crippen LogP contribution is 2.26. The lowest BCUT2D eigenvalue weighted by Gasteiger charge is -2.20. The molecule has 0 aliphatic carbocycles. The third-order valence-corrected chi connectivity index (χ3v) is 7.14. The van der Waals surface area contributed by atoms with Gasteiger partial charge < -0.3 is 10.5 Å². The first-order valence-corrected chi connectivity index (χ1v) is 11.9. The van der Waals surface area contributed by atoms with Crippen LogP contribution in [0, 0.1) is 0 Å². The first kappa shape index (κ1) is 25.1. The molecule has 0 fully saturated rings. The fourth-order valence-corrected chi connectivity index (χ4v) is 4.29. The molecule has 180 valence electrons. The number of halogens is 1. The van der Waals surface area contributed by atoms with Gasteiger partial charge in [0.1, 0.15) is 17.8 Å². The normalized spacial score (nSPS) is 13.8. The van der Waals surface area contributed by atoms with Crippen molar-refractivity contribution in [2.24, 2.45) is 5.73 Å². The van der Waals surface area contributed by atoms with E-state index in [9.17, 15) is 13.2 Å². The Labute approximate surface area is 201 Å². The minimum Gasteiger partial charge on any atom is -0.481 e. The van der Waals surface area contributed by atoms with Crippen LogP contribution < -0.4 is 15.2 Å². The number of nitrogens with two attached hydrogens (primary N) is 1. The molecule has 0 saturated carbocycles. The molecule has 14 heteroatoms. The van der Waals surface area contributed by atoms with Crippen LogP contribution in [0.2, 0.25) is 5.02 Å². The van der Waals surface area contributed by atoms with Gasteiger partial charge in [0.2, 0.25) is 21.9 Å². The summed E-state index contributed by atoms with van der Waals surface area (Å²) in [6, 6.07) is 4.99. The second-order valence-corrected chi connectivity index (χ2v) is 9.73. The van der Waals surface area contributed by atoms with Gasteiger partial charge in [0, 0.05) is 36.2 Å². The molecule has 0 aliphatic heterocycles. The number of nitrogens with zero attached hydrogens (tertiary/aromatic N) is 6. The second kappa shape index (κ2) is 10.6. The fraction of sp³-hybridized carbons (Fsp3) is 0.300. The van der Waals surface area contributed by atoms with Gasteiger partial charge in [-0.25, -0.2) is 23.4 Å². The van der Waals surface area contributed by atoms with Gasteiger partial charge in [-0.15, -0.1) is 10.2 Å². The molecule has 0 aromatic carbocycles. The Morgan fingerprint density at radius 1 is 1.26 bits per heavy atom. The van der Waals surface area contributed by atoms with Gasteiger partial charge in [-0.1, -0.05) is 24.6 Å². The standard InChI is InChI=1S/C20H23ClN8O4S/c1-12(18-23-8-15(21)9-24-18)13(2)34(31,32)28-20-27-26-19(29(20)10-14(7-22)11-30)16-5-4-6-17(25-16)33-3/h4-9,11-13H,10,22H2,1-3H3,(H,27,28)/t12-,13-/m0/s1. The lowest BCUT2D eigenvalue weighted by atomic mass is 10.1. The summed E-state index contributed by atoms with van der Waals surface area (Å²) in [5.41, 5.74) is 6.07. The predicted octanol–water partition coefficient (Wildman–Crippen LogP) is 1.77. The summed E-state index contributed by atoms with van der Waals surface area (Å²) >= 11 is 5.82. The van der Waals surface area contributed by atoms with E-state index in [0.717, 1.165) is 6.20 Å². The zero-order valence-electron chi connectivity index (χ0n) is 18.6. The Bertz CT molecular complexity index is 1290. The highest BCUT2D eigenvalue weighted by molar-refractivity contribution is 7.93. The van der Waals surface area contributed by atoms with Crippen LogP contribution in [0.3, 0.4) is 0 Å². The number of aldehydes is 1. The van der Waals surface area contributed by atoms with Gasteiger partial charge in [-0.05, 0) is 13.0 Å². The van der Waals surface area contributed by atoms with E-state index in [1.807, 2.05) is 0 Å². The lowest BCUT2D eigenvalue weighted by Crippen LogP contribution is -2.31. The molecule has 0 unspecified atom stereocenters. The monoisotopic (exact) mass is 506 g/mol. The highest BCUT2D eigenvalue weighted by atomic mass is 35.5. The van der Waals surface area contributed by atoms with Crippen molar-refractivity contribution in [1.29, 1.82) is 0 Å². The van der Waals surface area contributed by atoms with E-state index in [0.29, 0.717) is 28.7 Å². The maximum atomic E-state index is 13.2. The van der Waals surface area contributed by atoms with Gasteiger partial charge in [0.15, 0.2) is 5.82 Å². The Morgan fingerprint density at radius 3 is 2.59 bits per heavy atom. The van der Waals surface area contributed by atoms with Gasteiger partial charge in [0.05, 0.1) is 23.9 Å². The zero-order chi connectivity index (χ0) is 24.9. The largest absolute Gasteiger partial charge is 0.481 e. The maximum absolute atomic E-state index is 13.2. The smallest absolute Gasteiger partial charge is 0.238 e. The van der Waals surface area contributed by atoms with Crippen molar-refractivity contribution in [3.05, 3.63) is 53.2 Å². The molecule has 2 atom stereocenters. The van der Waals surface area contributed by atoms with Crippen LogP contribution in [0.1, 0.15) is 25.6 Å². The van der Waals surface area contributed by atoms with E-state index < -0.39 is 21.2 Å². The van der Waals surface area contributed by atoms with E-state index in [2.05, 4.69) is 29.9 Å². The SMILES string of the molecule is COc1cccc(-c2nnc(NS(=O)(=O)[C@@H](C)[C@H](C)c3ncc(Cl)cn3)n2CC(C=O)=CN)n1. The first-order valence-electron chi connectivity index (χ1n) is 9.99. The van der Waals surface area contributed by atoms with Crippen molar-refractivity contribution in [2.75, 3.05) is 11.8 Å². The summed E-state index contributed by atoms with van der Waals surface area (Å²) in [4.78, 5) is 23.9. The summed E-state index contributed by atoms with van der Waals surface area (Å²) in [6.45, 7) is 3.11. The molecule has 0 radical (unpaired) electrons. The molecule has 12 nitrogen and oxygen atoms in total. The number of ether oxygens (including phenoxy) is 1. The number of pyridine rings is 1. The number of rotatable bonds is 10. The molecule has 3 heterocycles. The van der Waals surface area contributed by atoms with E-state index in [1.54, 1.807) is 25.1 Å². The van der Waals surface area contributed by atoms with Crippen LogP contribution >= 0.6 is 11.6 Å². The Morgan fingerprint density at radius 2 is 1.97 bits per heavy atom. The van der Waals surface area contributed by atoms with Crippen molar-refractivity contribution < 1.29 is 17.9 Å². The third kappa shape index (κ3) is 5.48. The summed E-state index contributed by atoms with van der Waals surface area (Å²) in [6.07, 6.45) is 4.48. The van der Waals surface area contributed by atoms with Gasteiger partial charge >= 0.3 is 0 Å². The van der Waals surface area contributed by atoms with Crippen LogP contribution in [0.4, 0.5) is 5.95 Å². The molecular weight excluding hydrogens is 484 g/mol. The van der Waals surface area contributed by atoms with Crippen LogP contribution in [-0.4, -0.2) is 56.8 Å². The topological polar surface area (TPSA) is 168 Å². The summed E-state index contributed by atoms with van der Waals surface area (Å²) in [5.74, 6) is 0.167. The Hall–Kier alpha value is -3.58. The van der Waals surface area contributed by atoms with Crippen molar-refractivity contribution in [2.45, 2.75) is 31.6 Å². The second-order valence-electron chi connectivity index (χ2n) is 7.26. The van der Waals surface area contributed by atoms with E-state index in [4.69, 9.17) is 22.1 Å². The van der Waals surface area contributed by atoms with Gasteiger partial charge in [-0.3, -0.25) is 14.1 Å². The summed E-state index contributed by atoms with van der Waals surface area (Å²) in [7, 11) is -2.53. The molecule has 0 aliphatic rings. The molecule has 3 aromatic heterocycles. The number of anilines is 1. The molecule has 0 bridgehead atoms. The number of hydrogen-bond donors (Lipinski definition) is 2. The zero-order valence-corrected chi connectivity index (χ0v) is 20.2. The Kier molecular flexibility index (Phi) is 7.79. The molecule has 34 heavy (non-hydrogen) atoms. The third-order valence-electron chi connectivity index (χ3n) is 5.09. The number of aromatic nitrogens is 6. The van der Waals surface area contributed by atoms with Crippen LogP contribution in [-0.2, 0) is 21.4 Å². The quantitative estimate of drug-likeness (QED) is 0.305. The number of nitrogens with one attached hydrogen (secondary N) is 1.